The van der Waals surface area contributed by atoms with E-state index >= 15 is 0 Å². The Kier molecular flexibility index (Phi) is 3.55. The molecule has 3 nitrogen and oxygen atoms in total. The Morgan fingerprint density at radius 1 is 1.10 bits per heavy atom. The highest BCUT2D eigenvalue weighted by atomic mass is 35.5. The topological polar surface area (TPSA) is 32.3 Å². The van der Waals surface area contributed by atoms with E-state index in [1.165, 1.54) is 0 Å². The largest absolute Gasteiger partial charge is 0.326 e. The standard InChI is InChI=1S/C15H12Cl2N2O/c16-10-4-6-11(7-5-10)18-15(20)19-9-8-12-13(17)2-1-3-14(12)19/h1-7H,8-9H2,(H,18,20). The monoisotopic (exact) mass is 306 g/mol. The van der Waals surface area contributed by atoms with E-state index in [2.05, 4.69) is 5.32 Å². The number of anilines is 2. The third-order valence-electron chi connectivity index (χ3n) is 3.31. The van der Waals surface area contributed by atoms with Gasteiger partial charge < -0.3 is 5.32 Å². The molecule has 0 atom stereocenters. The zero-order valence-electron chi connectivity index (χ0n) is 10.6. The maximum absolute atomic E-state index is 12.3. The minimum absolute atomic E-state index is 0.159. The Morgan fingerprint density at radius 3 is 2.60 bits per heavy atom. The highest BCUT2D eigenvalue weighted by molar-refractivity contribution is 6.32. The van der Waals surface area contributed by atoms with Crippen molar-refractivity contribution in [3.8, 4) is 0 Å². The summed E-state index contributed by atoms with van der Waals surface area (Å²) >= 11 is 12.0. The lowest BCUT2D eigenvalue weighted by Gasteiger charge is -2.18. The molecule has 5 heteroatoms. The summed E-state index contributed by atoms with van der Waals surface area (Å²) in [6.45, 7) is 0.637. The molecule has 0 aromatic heterocycles. The van der Waals surface area contributed by atoms with Crippen LogP contribution < -0.4 is 10.2 Å². The number of amides is 2. The first kappa shape index (κ1) is 13.3. The second kappa shape index (κ2) is 5.35. The average Bonchev–Trinajstić information content (AvgIpc) is 2.87. The lowest BCUT2D eigenvalue weighted by atomic mass is 10.2. The van der Waals surface area contributed by atoms with Crippen LogP contribution in [0.15, 0.2) is 42.5 Å². The van der Waals surface area contributed by atoms with E-state index in [4.69, 9.17) is 23.2 Å². The van der Waals surface area contributed by atoms with E-state index in [9.17, 15) is 4.79 Å². The van der Waals surface area contributed by atoms with Gasteiger partial charge in [0.15, 0.2) is 0 Å². The number of hydrogen-bond acceptors (Lipinski definition) is 1. The van der Waals surface area contributed by atoms with E-state index < -0.39 is 0 Å². The zero-order chi connectivity index (χ0) is 14.1. The van der Waals surface area contributed by atoms with Gasteiger partial charge in [0.2, 0.25) is 0 Å². The van der Waals surface area contributed by atoms with Crippen molar-refractivity contribution in [2.45, 2.75) is 6.42 Å². The summed E-state index contributed by atoms with van der Waals surface area (Å²) in [6.07, 6.45) is 0.781. The molecule has 2 aromatic carbocycles. The summed E-state index contributed by atoms with van der Waals surface area (Å²) < 4.78 is 0. The van der Waals surface area contributed by atoms with E-state index in [1.807, 2.05) is 18.2 Å². The Balaban J connectivity index is 1.80. The van der Waals surface area contributed by atoms with Crippen molar-refractivity contribution in [3.05, 3.63) is 58.1 Å². The van der Waals surface area contributed by atoms with Crippen LogP contribution in [0, 0.1) is 0 Å². The van der Waals surface area contributed by atoms with Crippen molar-refractivity contribution in [1.29, 1.82) is 0 Å². The zero-order valence-corrected chi connectivity index (χ0v) is 12.1. The smallest absolute Gasteiger partial charge is 0.308 e. The molecule has 0 spiro atoms. The van der Waals surface area contributed by atoms with Gasteiger partial charge in [-0.3, -0.25) is 4.90 Å². The molecule has 1 aliphatic heterocycles. The minimum Gasteiger partial charge on any atom is -0.308 e. The van der Waals surface area contributed by atoms with Crippen molar-refractivity contribution < 1.29 is 4.79 Å². The lowest BCUT2D eigenvalue weighted by molar-refractivity contribution is 0.257. The Labute approximate surface area is 127 Å². The molecule has 0 saturated carbocycles. The van der Waals surface area contributed by atoms with E-state index in [1.54, 1.807) is 29.2 Å². The third kappa shape index (κ3) is 2.47. The van der Waals surface area contributed by atoms with Crippen molar-refractivity contribution >= 4 is 40.6 Å². The summed E-state index contributed by atoms with van der Waals surface area (Å²) in [7, 11) is 0. The maximum atomic E-state index is 12.3. The van der Waals surface area contributed by atoms with Crippen LogP contribution in [0.3, 0.4) is 0 Å². The number of carbonyl (C=O) groups is 1. The summed E-state index contributed by atoms with van der Waals surface area (Å²) in [5.74, 6) is 0. The number of nitrogens with zero attached hydrogens (tertiary/aromatic N) is 1. The summed E-state index contributed by atoms with van der Waals surface area (Å²) in [4.78, 5) is 14.0. The third-order valence-corrected chi connectivity index (χ3v) is 3.92. The fraction of sp³-hybridized carbons (Fsp3) is 0.133. The van der Waals surface area contributed by atoms with Crippen LogP contribution in [0.4, 0.5) is 16.2 Å². The first-order valence-electron chi connectivity index (χ1n) is 6.26. The number of hydrogen-bond donors (Lipinski definition) is 1. The van der Waals surface area contributed by atoms with Gasteiger partial charge in [-0.25, -0.2) is 4.79 Å². The molecule has 2 amide bonds. The number of fused-ring (bicyclic) bond motifs is 1. The molecule has 0 saturated heterocycles. The highest BCUT2D eigenvalue weighted by Crippen LogP contribution is 2.33. The van der Waals surface area contributed by atoms with Gasteiger partial charge in [0, 0.05) is 22.3 Å². The van der Waals surface area contributed by atoms with Crippen LogP contribution in [-0.4, -0.2) is 12.6 Å². The number of nitrogens with one attached hydrogen (secondary N) is 1. The van der Waals surface area contributed by atoms with Crippen molar-refractivity contribution in [1.82, 2.24) is 0 Å². The first-order chi connectivity index (χ1) is 9.65. The molecule has 0 fully saturated rings. The highest BCUT2D eigenvalue weighted by Gasteiger charge is 2.26. The lowest BCUT2D eigenvalue weighted by Crippen LogP contribution is -2.33. The van der Waals surface area contributed by atoms with Crippen LogP contribution >= 0.6 is 23.2 Å². The molecular formula is C15H12Cl2N2O. The number of urea groups is 1. The number of benzene rings is 2. The number of carbonyl (C=O) groups excluding carboxylic acids is 1. The van der Waals surface area contributed by atoms with Crippen LogP contribution in [0.1, 0.15) is 5.56 Å². The molecule has 1 heterocycles. The van der Waals surface area contributed by atoms with Crippen LogP contribution in [0.5, 0.6) is 0 Å². The average molecular weight is 307 g/mol. The maximum Gasteiger partial charge on any atom is 0.326 e. The summed E-state index contributed by atoms with van der Waals surface area (Å²) in [5, 5.41) is 4.21. The Morgan fingerprint density at radius 2 is 1.85 bits per heavy atom. The van der Waals surface area contributed by atoms with Gasteiger partial charge in [-0.1, -0.05) is 29.3 Å². The van der Waals surface area contributed by atoms with Gasteiger partial charge in [0.25, 0.3) is 0 Å². The minimum atomic E-state index is -0.159. The first-order valence-corrected chi connectivity index (χ1v) is 7.02. The fourth-order valence-electron chi connectivity index (χ4n) is 2.33. The predicted octanol–water partition coefficient (Wildman–Crippen LogP) is 4.59. The van der Waals surface area contributed by atoms with E-state index in [-0.39, 0.29) is 6.03 Å². The van der Waals surface area contributed by atoms with Crippen LogP contribution in [0.25, 0.3) is 0 Å². The van der Waals surface area contributed by atoms with Gasteiger partial charge in [0.1, 0.15) is 0 Å². The van der Waals surface area contributed by atoms with Gasteiger partial charge in [-0.15, -0.1) is 0 Å². The molecule has 1 N–H and O–H groups in total. The molecule has 20 heavy (non-hydrogen) atoms. The number of halogens is 2. The van der Waals surface area contributed by atoms with Crippen LogP contribution in [-0.2, 0) is 6.42 Å². The van der Waals surface area contributed by atoms with Gasteiger partial charge in [-0.05, 0) is 48.4 Å². The normalized spacial score (nSPS) is 13.2. The van der Waals surface area contributed by atoms with Gasteiger partial charge >= 0.3 is 6.03 Å². The molecule has 1 aliphatic rings. The van der Waals surface area contributed by atoms with Gasteiger partial charge in [-0.2, -0.15) is 0 Å². The Hall–Kier alpha value is -1.71. The van der Waals surface area contributed by atoms with Crippen molar-refractivity contribution in [2.75, 3.05) is 16.8 Å². The van der Waals surface area contributed by atoms with E-state index in [0.717, 1.165) is 23.4 Å². The molecule has 0 radical (unpaired) electrons. The van der Waals surface area contributed by atoms with Crippen LogP contribution in [0.2, 0.25) is 10.0 Å². The van der Waals surface area contributed by atoms with Crippen molar-refractivity contribution in [3.63, 3.8) is 0 Å². The molecule has 0 aliphatic carbocycles. The summed E-state index contributed by atoms with van der Waals surface area (Å²) in [6, 6.07) is 12.5. The second-order valence-corrected chi connectivity index (χ2v) is 5.42. The molecule has 2 aromatic rings. The number of rotatable bonds is 1. The quantitative estimate of drug-likeness (QED) is 0.821. The van der Waals surface area contributed by atoms with Crippen molar-refractivity contribution in [2.24, 2.45) is 0 Å². The Bertz CT molecular complexity index is 655. The molecular weight excluding hydrogens is 295 g/mol. The fourth-order valence-corrected chi connectivity index (χ4v) is 2.72. The molecule has 102 valence electrons. The molecule has 3 rings (SSSR count). The van der Waals surface area contributed by atoms with Gasteiger partial charge in [0.05, 0.1) is 5.69 Å². The molecule has 0 unspecified atom stereocenters. The SMILES string of the molecule is O=C(Nc1ccc(Cl)cc1)N1CCc2c(Cl)cccc21. The van der Waals surface area contributed by atoms with E-state index in [0.29, 0.717) is 16.6 Å². The molecule has 0 bridgehead atoms. The second-order valence-electron chi connectivity index (χ2n) is 4.58. The summed E-state index contributed by atoms with van der Waals surface area (Å²) in [5.41, 5.74) is 2.62. The predicted molar refractivity (Wildman–Crippen MR) is 83.0 cm³/mol.